The molecule has 1 atom stereocenters. The molecule has 1 N–H and O–H groups in total. The number of hydrogen-bond acceptors (Lipinski definition) is 4. The molecule has 18 heavy (non-hydrogen) atoms. The minimum atomic E-state index is -0.461. The van der Waals surface area contributed by atoms with E-state index < -0.39 is 6.10 Å². The molecule has 0 aliphatic carbocycles. The third-order valence-corrected chi connectivity index (χ3v) is 3.78. The Bertz CT molecular complexity index is 508. The van der Waals surface area contributed by atoms with Gasteiger partial charge in [-0.1, -0.05) is 12.1 Å². The Morgan fingerprint density at radius 3 is 2.94 bits per heavy atom. The highest BCUT2D eigenvalue weighted by Gasteiger charge is 2.04. The van der Waals surface area contributed by atoms with Crippen LogP contribution in [-0.2, 0) is 6.42 Å². The molecule has 0 spiro atoms. The van der Waals surface area contributed by atoms with Crippen LogP contribution >= 0.6 is 11.3 Å². The lowest BCUT2D eigenvalue weighted by Crippen LogP contribution is -2.02. The molecule has 0 unspecified atom stereocenters. The molecule has 1 heterocycles. The van der Waals surface area contributed by atoms with Gasteiger partial charge in [-0.15, -0.1) is 11.3 Å². The van der Waals surface area contributed by atoms with Crippen LogP contribution in [0, 0.1) is 6.92 Å². The second-order valence-corrected chi connectivity index (χ2v) is 5.15. The van der Waals surface area contributed by atoms with Crippen LogP contribution in [0.4, 0.5) is 0 Å². The Kier molecular flexibility index (Phi) is 4.33. The summed E-state index contributed by atoms with van der Waals surface area (Å²) >= 11 is 1.66. The number of ether oxygens (including phenoxy) is 1. The minimum absolute atomic E-state index is 0.461. The Morgan fingerprint density at radius 2 is 2.28 bits per heavy atom. The van der Waals surface area contributed by atoms with Gasteiger partial charge in [0.2, 0.25) is 0 Å². The summed E-state index contributed by atoms with van der Waals surface area (Å²) in [6.07, 6.45) is 0.410. The molecule has 0 amide bonds. The maximum absolute atomic E-state index is 9.50. The average Bonchev–Trinajstić information content (AvgIpc) is 2.76. The van der Waals surface area contributed by atoms with Crippen molar-refractivity contribution in [3.63, 3.8) is 0 Å². The largest absolute Gasteiger partial charge is 0.493 e. The number of thiazole rings is 1. The van der Waals surface area contributed by atoms with Crippen molar-refractivity contribution < 1.29 is 9.84 Å². The van der Waals surface area contributed by atoms with Crippen molar-refractivity contribution in [1.29, 1.82) is 0 Å². The molecule has 0 bridgehead atoms. The first-order chi connectivity index (χ1) is 8.66. The molecule has 1 aromatic carbocycles. The molecule has 2 rings (SSSR count). The zero-order valence-corrected chi connectivity index (χ0v) is 11.4. The SMILES string of the molecule is Cc1ncsc1CCOc1cccc([C@@H](C)O)c1. The maximum Gasteiger partial charge on any atom is 0.119 e. The van der Waals surface area contributed by atoms with Gasteiger partial charge < -0.3 is 9.84 Å². The van der Waals surface area contributed by atoms with Crippen LogP contribution in [0.3, 0.4) is 0 Å². The molecule has 3 nitrogen and oxygen atoms in total. The lowest BCUT2D eigenvalue weighted by Gasteiger charge is -2.09. The fourth-order valence-corrected chi connectivity index (χ4v) is 2.45. The van der Waals surface area contributed by atoms with E-state index in [4.69, 9.17) is 4.74 Å². The van der Waals surface area contributed by atoms with E-state index in [0.717, 1.165) is 23.4 Å². The normalized spacial score (nSPS) is 12.4. The highest BCUT2D eigenvalue weighted by molar-refractivity contribution is 7.09. The Labute approximate surface area is 111 Å². The summed E-state index contributed by atoms with van der Waals surface area (Å²) in [5.74, 6) is 0.801. The fraction of sp³-hybridized carbons (Fsp3) is 0.357. The predicted octanol–water partition coefficient (Wildman–Crippen LogP) is 3.13. The van der Waals surface area contributed by atoms with Crippen molar-refractivity contribution in [2.24, 2.45) is 0 Å². The zero-order valence-electron chi connectivity index (χ0n) is 10.6. The quantitative estimate of drug-likeness (QED) is 0.901. The number of benzene rings is 1. The minimum Gasteiger partial charge on any atom is -0.493 e. The third-order valence-electron chi connectivity index (χ3n) is 2.78. The van der Waals surface area contributed by atoms with E-state index >= 15 is 0 Å². The molecule has 0 aliphatic heterocycles. The van der Waals surface area contributed by atoms with Crippen LogP contribution in [0.25, 0.3) is 0 Å². The first-order valence-electron chi connectivity index (χ1n) is 5.96. The molecule has 0 fully saturated rings. The van der Waals surface area contributed by atoms with Crippen LogP contribution in [0.2, 0.25) is 0 Å². The van der Waals surface area contributed by atoms with E-state index in [0.29, 0.717) is 6.61 Å². The van der Waals surface area contributed by atoms with Gasteiger partial charge in [-0.2, -0.15) is 0 Å². The highest BCUT2D eigenvalue weighted by Crippen LogP contribution is 2.19. The molecule has 96 valence electrons. The van der Waals surface area contributed by atoms with Crippen molar-refractivity contribution in [1.82, 2.24) is 4.98 Å². The van der Waals surface area contributed by atoms with Crippen LogP contribution in [0.15, 0.2) is 29.8 Å². The molecular weight excluding hydrogens is 246 g/mol. The maximum atomic E-state index is 9.50. The predicted molar refractivity (Wildman–Crippen MR) is 73.1 cm³/mol. The van der Waals surface area contributed by atoms with E-state index in [9.17, 15) is 5.11 Å². The van der Waals surface area contributed by atoms with Crippen molar-refractivity contribution in [2.75, 3.05) is 6.61 Å². The standard InChI is InChI=1S/C14H17NO2S/c1-10-14(18-9-15-10)6-7-17-13-5-3-4-12(8-13)11(2)16/h3-5,8-9,11,16H,6-7H2,1-2H3/t11-/m1/s1. The summed E-state index contributed by atoms with van der Waals surface area (Å²) in [5, 5.41) is 9.50. The summed E-state index contributed by atoms with van der Waals surface area (Å²) in [4.78, 5) is 5.47. The summed E-state index contributed by atoms with van der Waals surface area (Å²) in [5.41, 5.74) is 3.82. The van der Waals surface area contributed by atoms with Gasteiger partial charge in [0.15, 0.2) is 0 Å². The molecule has 0 radical (unpaired) electrons. The molecule has 0 aliphatic rings. The van der Waals surface area contributed by atoms with Crippen LogP contribution < -0.4 is 4.74 Å². The van der Waals surface area contributed by atoms with E-state index in [1.54, 1.807) is 18.3 Å². The van der Waals surface area contributed by atoms with E-state index in [-0.39, 0.29) is 0 Å². The monoisotopic (exact) mass is 263 g/mol. The second-order valence-electron chi connectivity index (χ2n) is 4.21. The van der Waals surface area contributed by atoms with Gasteiger partial charge in [-0.05, 0) is 31.5 Å². The number of aryl methyl sites for hydroxylation is 1. The number of aliphatic hydroxyl groups is 1. The fourth-order valence-electron chi connectivity index (χ4n) is 1.69. The lowest BCUT2D eigenvalue weighted by atomic mass is 10.1. The van der Waals surface area contributed by atoms with Crippen molar-refractivity contribution >= 4 is 11.3 Å². The Balaban J connectivity index is 1.90. The van der Waals surface area contributed by atoms with Gasteiger partial charge in [-0.3, -0.25) is 0 Å². The highest BCUT2D eigenvalue weighted by atomic mass is 32.1. The van der Waals surface area contributed by atoms with Crippen molar-refractivity contribution in [3.05, 3.63) is 45.9 Å². The smallest absolute Gasteiger partial charge is 0.119 e. The number of aliphatic hydroxyl groups excluding tert-OH is 1. The number of nitrogens with zero attached hydrogens (tertiary/aromatic N) is 1. The number of aromatic nitrogens is 1. The number of rotatable bonds is 5. The Hall–Kier alpha value is -1.39. The molecule has 4 heteroatoms. The van der Waals surface area contributed by atoms with Gasteiger partial charge in [0.25, 0.3) is 0 Å². The summed E-state index contributed by atoms with van der Waals surface area (Å²) in [7, 11) is 0. The molecule has 1 aromatic heterocycles. The van der Waals surface area contributed by atoms with E-state index in [2.05, 4.69) is 4.98 Å². The number of hydrogen-bond donors (Lipinski definition) is 1. The second kappa shape index (κ2) is 5.98. The molecule has 0 saturated carbocycles. The average molecular weight is 263 g/mol. The van der Waals surface area contributed by atoms with E-state index in [1.165, 1.54) is 4.88 Å². The Morgan fingerprint density at radius 1 is 1.44 bits per heavy atom. The van der Waals surface area contributed by atoms with Crippen molar-refractivity contribution in [2.45, 2.75) is 26.4 Å². The molecule has 0 saturated heterocycles. The summed E-state index contributed by atoms with van der Waals surface area (Å²) in [6.45, 7) is 4.39. The van der Waals surface area contributed by atoms with E-state index in [1.807, 2.05) is 36.7 Å². The summed E-state index contributed by atoms with van der Waals surface area (Å²) < 4.78 is 5.69. The van der Waals surface area contributed by atoms with Gasteiger partial charge >= 0.3 is 0 Å². The summed E-state index contributed by atoms with van der Waals surface area (Å²) in [6, 6.07) is 7.58. The third kappa shape index (κ3) is 3.31. The van der Waals surface area contributed by atoms with Crippen LogP contribution in [-0.4, -0.2) is 16.7 Å². The first kappa shape index (κ1) is 13.1. The van der Waals surface area contributed by atoms with Gasteiger partial charge in [-0.25, -0.2) is 4.98 Å². The van der Waals surface area contributed by atoms with Crippen LogP contribution in [0.1, 0.15) is 29.2 Å². The molecule has 2 aromatic rings. The first-order valence-corrected chi connectivity index (χ1v) is 6.84. The van der Waals surface area contributed by atoms with Gasteiger partial charge in [0.05, 0.1) is 23.9 Å². The zero-order chi connectivity index (χ0) is 13.0. The molecular formula is C14H17NO2S. The van der Waals surface area contributed by atoms with Crippen LogP contribution in [0.5, 0.6) is 5.75 Å². The van der Waals surface area contributed by atoms with Gasteiger partial charge in [0, 0.05) is 11.3 Å². The lowest BCUT2D eigenvalue weighted by molar-refractivity contribution is 0.198. The topological polar surface area (TPSA) is 42.4 Å². The van der Waals surface area contributed by atoms with Crippen molar-refractivity contribution in [3.8, 4) is 5.75 Å². The van der Waals surface area contributed by atoms with Gasteiger partial charge in [0.1, 0.15) is 5.75 Å².